The summed E-state index contributed by atoms with van der Waals surface area (Å²) in [6.45, 7) is 4.20. The summed E-state index contributed by atoms with van der Waals surface area (Å²) in [5, 5.41) is 6.85. The SMILES string of the molecule is Cc1cc(CSc2ccccc2C(=O)Nc2ccc(S(=O)(=O)N3CCN(C)CC3)cc2)no1. The first-order valence-electron chi connectivity index (χ1n) is 10.6. The zero-order chi connectivity index (χ0) is 23.4. The molecule has 1 aliphatic rings. The highest BCUT2D eigenvalue weighted by Gasteiger charge is 2.27. The maximum Gasteiger partial charge on any atom is 0.256 e. The maximum absolute atomic E-state index is 12.9. The summed E-state index contributed by atoms with van der Waals surface area (Å²) in [6, 6.07) is 15.5. The Kier molecular flexibility index (Phi) is 7.18. The molecule has 1 saturated heterocycles. The predicted octanol–water partition coefficient (Wildman–Crippen LogP) is 3.46. The van der Waals surface area contributed by atoms with Gasteiger partial charge in [-0.05, 0) is 50.4 Å². The van der Waals surface area contributed by atoms with Crippen LogP contribution in [0.5, 0.6) is 0 Å². The molecule has 0 saturated carbocycles. The van der Waals surface area contributed by atoms with Gasteiger partial charge < -0.3 is 14.7 Å². The number of piperazine rings is 1. The van der Waals surface area contributed by atoms with Crippen molar-refractivity contribution in [2.24, 2.45) is 0 Å². The van der Waals surface area contributed by atoms with Crippen LogP contribution in [0.4, 0.5) is 5.69 Å². The first-order chi connectivity index (χ1) is 15.8. The third kappa shape index (κ3) is 5.64. The number of benzene rings is 2. The molecule has 1 aromatic heterocycles. The Labute approximate surface area is 198 Å². The lowest BCUT2D eigenvalue weighted by molar-refractivity contribution is 0.102. The second-order valence-corrected chi connectivity index (χ2v) is 10.9. The van der Waals surface area contributed by atoms with Crippen molar-refractivity contribution in [3.05, 3.63) is 71.6 Å². The van der Waals surface area contributed by atoms with Crippen LogP contribution in [0.3, 0.4) is 0 Å². The third-order valence-corrected chi connectivity index (χ3v) is 8.42. The molecule has 1 N–H and O–H groups in total. The van der Waals surface area contributed by atoms with Gasteiger partial charge in [0.25, 0.3) is 5.91 Å². The van der Waals surface area contributed by atoms with Crippen LogP contribution < -0.4 is 5.32 Å². The number of aryl methyl sites for hydroxylation is 1. The Morgan fingerprint density at radius 2 is 1.79 bits per heavy atom. The molecule has 1 fully saturated rings. The van der Waals surface area contributed by atoms with Crippen LogP contribution in [-0.4, -0.2) is 61.9 Å². The van der Waals surface area contributed by atoms with Crippen molar-refractivity contribution in [1.82, 2.24) is 14.4 Å². The van der Waals surface area contributed by atoms with Crippen molar-refractivity contribution in [3.8, 4) is 0 Å². The number of sulfonamides is 1. The summed E-state index contributed by atoms with van der Waals surface area (Å²) in [5.41, 5.74) is 1.88. The van der Waals surface area contributed by atoms with Gasteiger partial charge in [-0.3, -0.25) is 4.79 Å². The zero-order valence-corrected chi connectivity index (χ0v) is 20.2. The lowest BCUT2D eigenvalue weighted by Crippen LogP contribution is -2.46. The highest BCUT2D eigenvalue weighted by Crippen LogP contribution is 2.27. The lowest BCUT2D eigenvalue weighted by Gasteiger charge is -2.31. The minimum atomic E-state index is -3.54. The van der Waals surface area contributed by atoms with Gasteiger partial charge in [-0.15, -0.1) is 11.8 Å². The fourth-order valence-electron chi connectivity index (χ4n) is 3.50. The topological polar surface area (TPSA) is 95.8 Å². The number of thioether (sulfide) groups is 1. The van der Waals surface area contributed by atoms with Crippen LogP contribution in [0.15, 0.2) is 68.9 Å². The largest absolute Gasteiger partial charge is 0.361 e. The lowest BCUT2D eigenvalue weighted by atomic mass is 10.2. The Bertz CT molecular complexity index is 1220. The van der Waals surface area contributed by atoms with Crippen molar-refractivity contribution in [2.45, 2.75) is 22.5 Å². The smallest absolute Gasteiger partial charge is 0.256 e. The van der Waals surface area contributed by atoms with Crippen LogP contribution in [0.1, 0.15) is 21.8 Å². The van der Waals surface area contributed by atoms with Crippen molar-refractivity contribution >= 4 is 33.4 Å². The molecular formula is C23H26N4O4S2. The summed E-state index contributed by atoms with van der Waals surface area (Å²) >= 11 is 1.50. The van der Waals surface area contributed by atoms with Crippen molar-refractivity contribution in [3.63, 3.8) is 0 Å². The van der Waals surface area contributed by atoms with Crippen molar-refractivity contribution in [1.29, 1.82) is 0 Å². The Hall–Kier alpha value is -2.66. The van der Waals surface area contributed by atoms with E-state index in [1.165, 1.54) is 28.2 Å². The molecule has 174 valence electrons. The number of nitrogens with one attached hydrogen (secondary N) is 1. The van der Waals surface area contributed by atoms with Gasteiger partial charge in [0.05, 0.1) is 16.2 Å². The molecule has 0 bridgehead atoms. The fraction of sp³-hybridized carbons (Fsp3) is 0.304. The van der Waals surface area contributed by atoms with Crippen molar-refractivity contribution < 1.29 is 17.7 Å². The van der Waals surface area contributed by atoms with Crippen LogP contribution in [-0.2, 0) is 15.8 Å². The minimum absolute atomic E-state index is 0.226. The molecule has 2 aromatic carbocycles. The molecule has 0 atom stereocenters. The van der Waals surface area contributed by atoms with Gasteiger partial charge in [0.15, 0.2) is 0 Å². The number of likely N-dealkylation sites (N-methyl/N-ethyl adjacent to an activating group) is 1. The summed E-state index contributed by atoms with van der Waals surface area (Å²) in [4.78, 5) is 16.1. The van der Waals surface area contributed by atoms with E-state index in [1.54, 1.807) is 18.2 Å². The number of aromatic nitrogens is 1. The van der Waals surface area contributed by atoms with E-state index in [9.17, 15) is 13.2 Å². The number of hydrogen-bond donors (Lipinski definition) is 1. The number of carbonyl (C=O) groups is 1. The van der Waals surface area contributed by atoms with Crippen LogP contribution >= 0.6 is 11.8 Å². The monoisotopic (exact) mass is 486 g/mol. The highest BCUT2D eigenvalue weighted by atomic mass is 32.2. The number of carbonyl (C=O) groups excluding carboxylic acids is 1. The standard InChI is InChI=1S/C23H26N4O4S2/c1-17-15-19(25-31-17)16-32-22-6-4-3-5-21(22)23(28)24-18-7-9-20(10-8-18)33(29,30)27-13-11-26(2)12-14-27/h3-10,15H,11-14,16H2,1-2H3,(H,24,28). The van der Waals surface area contributed by atoms with E-state index in [4.69, 9.17) is 4.52 Å². The molecule has 1 aliphatic heterocycles. The molecule has 0 spiro atoms. The predicted molar refractivity (Wildman–Crippen MR) is 128 cm³/mol. The van der Waals surface area contributed by atoms with Gasteiger partial charge in [-0.1, -0.05) is 17.3 Å². The van der Waals surface area contributed by atoms with E-state index < -0.39 is 10.0 Å². The van der Waals surface area contributed by atoms with E-state index in [2.05, 4.69) is 15.4 Å². The van der Waals surface area contributed by atoms with Gasteiger partial charge >= 0.3 is 0 Å². The van der Waals surface area contributed by atoms with Gasteiger partial charge in [0.2, 0.25) is 10.0 Å². The van der Waals surface area contributed by atoms with Gasteiger partial charge in [-0.2, -0.15) is 4.31 Å². The van der Waals surface area contributed by atoms with Gasteiger partial charge in [0.1, 0.15) is 5.76 Å². The minimum Gasteiger partial charge on any atom is -0.361 e. The molecule has 0 unspecified atom stereocenters. The van der Waals surface area contributed by atoms with Crippen molar-refractivity contribution in [2.75, 3.05) is 38.5 Å². The number of nitrogens with zero attached hydrogens (tertiary/aromatic N) is 3. The van der Waals surface area contributed by atoms with E-state index in [0.717, 1.165) is 16.3 Å². The number of anilines is 1. The van der Waals surface area contributed by atoms with E-state index in [1.807, 2.05) is 38.2 Å². The Morgan fingerprint density at radius 3 is 2.45 bits per heavy atom. The normalized spacial score (nSPS) is 15.5. The van der Waals surface area contributed by atoms with Crippen LogP contribution in [0, 0.1) is 6.92 Å². The molecule has 0 aliphatic carbocycles. The fourth-order valence-corrected chi connectivity index (χ4v) is 5.86. The average molecular weight is 487 g/mol. The number of rotatable bonds is 7. The molecule has 33 heavy (non-hydrogen) atoms. The summed E-state index contributed by atoms with van der Waals surface area (Å²) < 4.78 is 32.4. The quantitative estimate of drug-likeness (QED) is 0.511. The van der Waals surface area contributed by atoms with Crippen LogP contribution in [0.25, 0.3) is 0 Å². The zero-order valence-electron chi connectivity index (χ0n) is 18.5. The number of amides is 1. The second-order valence-electron chi connectivity index (χ2n) is 7.90. The molecular weight excluding hydrogens is 460 g/mol. The molecule has 10 heteroatoms. The first-order valence-corrected chi connectivity index (χ1v) is 13.0. The van der Waals surface area contributed by atoms with Gasteiger partial charge in [-0.25, -0.2) is 8.42 Å². The Morgan fingerprint density at radius 1 is 1.09 bits per heavy atom. The molecule has 4 rings (SSSR count). The molecule has 0 radical (unpaired) electrons. The first kappa shape index (κ1) is 23.5. The summed E-state index contributed by atoms with van der Waals surface area (Å²) in [7, 11) is -1.56. The Balaban J connectivity index is 1.43. The van der Waals surface area contributed by atoms with E-state index >= 15 is 0 Å². The summed E-state index contributed by atoms with van der Waals surface area (Å²) in [5.74, 6) is 1.07. The van der Waals surface area contributed by atoms with Crippen LogP contribution in [0.2, 0.25) is 0 Å². The maximum atomic E-state index is 12.9. The molecule has 2 heterocycles. The third-order valence-electron chi connectivity index (χ3n) is 5.40. The average Bonchev–Trinajstić information content (AvgIpc) is 3.23. The second kappa shape index (κ2) is 10.1. The summed E-state index contributed by atoms with van der Waals surface area (Å²) in [6.07, 6.45) is 0. The highest BCUT2D eigenvalue weighted by molar-refractivity contribution is 7.98. The van der Waals surface area contributed by atoms with E-state index in [-0.39, 0.29) is 10.8 Å². The molecule has 3 aromatic rings. The molecule has 1 amide bonds. The number of hydrogen-bond acceptors (Lipinski definition) is 7. The van der Waals surface area contributed by atoms with Gasteiger partial charge in [0, 0.05) is 48.6 Å². The molecule has 8 nitrogen and oxygen atoms in total. The van der Waals surface area contributed by atoms with E-state index in [0.29, 0.717) is 43.2 Å².